The maximum absolute atomic E-state index is 13.4. The van der Waals surface area contributed by atoms with Crippen molar-refractivity contribution >= 4 is 34.3 Å². The van der Waals surface area contributed by atoms with E-state index in [0.29, 0.717) is 16.8 Å². The fourth-order valence-corrected chi connectivity index (χ4v) is 4.14. The van der Waals surface area contributed by atoms with E-state index in [4.69, 9.17) is 0 Å². The Morgan fingerprint density at radius 3 is 2.67 bits per heavy atom. The zero-order valence-corrected chi connectivity index (χ0v) is 17.1. The normalized spacial score (nSPS) is 10.9. The highest BCUT2D eigenvalue weighted by molar-refractivity contribution is 7.98. The molecule has 4 aromatic rings. The van der Waals surface area contributed by atoms with Crippen LogP contribution < -0.4 is 10.7 Å². The first-order valence-electron chi connectivity index (χ1n) is 9.41. The van der Waals surface area contributed by atoms with Gasteiger partial charge < -0.3 is 10.3 Å². The Balaban J connectivity index is 1.55. The molecule has 0 atom stereocenters. The first-order chi connectivity index (χ1) is 14.5. The van der Waals surface area contributed by atoms with Gasteiger partial charge in [0.1, 0.15) is 5.82 Å². The van der Waals surface area contributed by atoms with Gasteiger partial charge in [-0.15, -0.1) is 11.8 Å². The number of aromatic nitrogens is 1. The van der Waals surface area contributed by atoms with Gasteiger partial charge in [-0.2, -0.15) is 0 Å². The highest BCUT2D eigenvalue weighted by atomic mass is 32.2. The molecule has 0 fully saturated rings. The molecule has 1 amide bonds. The number of benzene rings is 3. The summed E-state index contributed by atoms with van der Waals surface area (Å²) >= 11 is 1.50. The second-order valence-electron chi connectivity index (χ2n) is 6.91. The van der Waals surface area contributed by atoms with Crippen molar-refractivity contribution in [1.82, 2.24) is 4.98 Å². The third kappa shape index (κ3) is 4.28. The van der Waals surface area contributed by atoms with Gasteiger partial charge in [-0.25, -0.2) is 4.39 Å². The maximum Gasteiger partial charge on any atom is 0.255 e. The number of anilines is 1. The van der Waals surface area contributed by atoms with Crippen LogP contribution in [0.3, 0.4) is 0 Å². The zero-order valence-electron chi connectivity index (χ0n) is 16.2. The predicted molar refractivity (Wildman–Crippen MR) is 120 cm³/mol. The van der Waals surface area contributed by atoms with Gasteiger partial charge in [0, 0.05) is 33.4 Å². The fourth-order valence-electron chi connectivity index (χ4n) is 3.22. The zero-order chi connectivity index (χ0) is 21.1. The number of carbonyl (C=O) groups is 1. The van der Waals surface area contributed by atoms with Crippen LogP contribution in [-0.4, -0.2) is 10.9 Å². The Bertz CT molecular complexity index is 1300. The Hall–Kier alpha value is -3.38. The van der Waals surface area contributed by atoms with Gasteiger partial charge in [0.15, 0.2) is 5.43 Å². The summed E-state index contributed by atoms with van der Waals surface area (Å²) in [7, 11) is 0. The summed E-state index contributed by atoms with van der Waals surface area (Å²) in [5.74, 6) is -0.301. The molecule has 2 N–H and O–H groups in total. The van der Waals surface area contributed by atoms with Crippen LogP contribution in [0.1, 0.15) is 21.6 Å². The van der Waals surface area contributed by atoms with Gasteiger partial charge in [-0.3, -0.25) is 9.59 Å². The second-order valence-corrected chi connectivity index (χ2v) is 7.92. The molecular formula is C24H19FN2O2S. The molecule has 30 heavy (non-hydrogen) atoms. The lowest BCUT2D eigenvalue weighted by Crippen LogP contribution is -2.12. The lowest BCUT2D eigenvalue weighted by atomic mass is 10.1. The number of H-pyrrole nitrogens is 1. The largest absolute Gasteiger partial charge is 0.357 e. The van der Waals surface area contributed by atoms with E-state index in [1.54, 1.807) is 18.2 Å². The number of thioether (sulfide) groups is 1. The van der Waals surface area contributed by atoms with E-state index in [2.05, 4.69) is 10.3 Å². The van der Waals surface area contributed by atoms with Gasteiger partial charge in [-0.05, 0) is 48.9 Å². The number of halogens is 1. The van der Waals surface area contributed by atoms with Crippen molar-refractivity contribution in [2.45, 2.75) is 17.6 Å². The van der Waals surface area contributed by atoms with E-state index < -0.39 is 5.82 Å². The average molecular weight is 418 g/mol. The number of hydrogen-bond acceptors (Lipinski definition) is 3. The number of aromatic amines is 1. The first kappa shape index (κ1) is 19.9. The van der Waals surface area contributed by atoms with E-state index in [0.717, 1.165) is 21.7 Å². The van der Waals surface area contributed by atoms with Crippen LogP contribution in [0.25, 0.3) is 10.9 Å². The summed E-state index contributed by atoms with van der Waals surface area (Å²) < 4.78 is 13.4. The molecule has 6 heteroatoms. The molecule has 1 heterocycles. The molecule has 4 rings (SSSR count). The number of rotatable bonds is 5. The van der Waals surface area contributed by atoms with Crippen molar-refractivity contribution in [3.8, 4) is 0 Å². The second kappa shape index (κ2) is 8.55. The summed E-state index contributed by atoms with van der Waals surface area (Å²) in [4.78, 5) is 29.1. The van der Waals surface area contributed by atoms with E-state index in [1.165, 1.54) is 30.0 Å². The summed E-state index contributed by atoms with van der Waals surface area (Å²) in [6.45, 7) is 1.96. The average Bonchev–Trinajstić information content (AvgIpc) is 2.74. The highest BCUT2D eigenvalue weighted by Gasteiger charge is 2.11. The highest BCUT2D eigenvalue weighted by Crippen LogP contribution is 2.30. The molecule has 0 saturated heterocycles. The quantitative estimate of drug-likeness (QED) is 0.420. The van der Waals surface area contributed by atoms with Crippen molar-refractivity contribution < 1.29 is 9.18 Å². The number of nitrogens with one attached hydrogen (secondary N) is 2. The molecule has 0 radical (unpaired) electrons. The van der Waals surface area contributed by atoms with Crippen molar-refractivity contribution in [2.75, 3.05) is 5.32 Å². The van der Waals surface area contributed by atoms with Gasteiger partial charge in [0.2, 0.25) is 0 Å². The van der Waals surface area contributed by atoms with Gasteiger partial charge in [0.05, 0.1) is 11.2 Å². The van der Waals surface area contributed by atoms with Crippen LogP contribution >= 0.6 is 11.8 Å². The molecule has 0 aliphatic heterocycles. The number of para-hydroxylation sites is 2. The van der Waals surface area contributed by atoms with Gasteiger partial charge >= 0.3 is 0 Å². The maximum atomic E-state index is 13.4. The Labute approximate surface area is 177 Å². The van der Waals surface area contributed by atoms with Crippen LogP contribution in [0.5, 0.6) is 0 Å². The van der Waals surface area contributed by atoms with Gasteiger partial charge in [-0.1, -0.05) is 30.3 Å². The molecule has 0 bridgehead atoms. The number of amides is 1. The smallest absolute Gasteiger partial charge is 0.255 e. The van der Waals surface area contributed by atoms with Crippen LogP contribution in [-0.2, 0) is 5.75 Å². The third-order valence-electron chi connectivity index (χ3n) is 4.73. The standard InChI is InChI=1S/C24H19FN2O2S/c1-15-6-4-9-19-21(28)13-18(26-23(15)19)14-30-22-11-3-2-10-20(22)27-24(29)16-7-5-8-17(25)12-16/h2-13H,14H2,1H3,(H,26,28)(H,27,29). The van der Waals surface area contributed by atoms with Crippen molar-refractivity contribution in [2.24, 2.45) is 0 Å². The monoisotopic (exact) mass is 418 g/mol. The molecular weight excluding hydrogens is 399 g/mol. The fraction of sp³-hybridized carbons (Fsp3) is 0.0833. The Morgan fingerprint density at radius 1 is 1.03 bits per heavy atom. The van der Waals surface area contributed by atoms with Crippen molar-refractivity contribution in [3.63, 3.8) is 0 Å². The summed E-state index contributed by atoms with van der Waals surface area (Å²) in [6, 6.07) is 20.2. The molecule has 0 spiro atoms. The minimum absolute atomic E-state index is 0.0178. The van der Waals surface area contributed by atoms with Crippen molar-refractivity contribution in [3.05, 3.63) is 106 Å². The number of fused-ring (bicyclic) bond motifs is 1. The number of aryl methyl sites for hydroxylation is 1. The summed E-state index contributed by atoms with van der Waals surface area (Å²) in [5.41, 5.74) is 3.53. The third-order valence-corrected chi connectivity index (χ3v) is 5.86. The lowest BCUT2D eigenvalue weighted by molar-refractivity contribution is 0.102. The molecule has 150 valence electrons. The van der Waals surface area contributed by atoms with Crippen LogP contribution in [0.2, 0.25) is 0 Å². The molecule has 3 aromatic carbocycles. The van der Waals surface area contributed by atoms with Crippen LogP contribution in [0.15, 0.2) is 82.5 Å². The number of pyridine rings is 1. The van der Waals surface area contributed by atoms with Crippen LogP contribution in [0, 0.1) is 12.7 Å². The van der Waals surface area contributed by atoms with Crippen molar-refractivity contribution in [1.29, 1.82) is 0 Å². The van der Waals surface area contributed by atoms with E-state index in [1.807, 2.05) is 43.3 Å². The Morgan fingerprint density at radius 2 is 1.83 bits per heavy atom. The summed E-state index contributed by atoms with van der Waals surface area (Å²) in [6.07, 6.45) is 0. The van der Waals surface area contributed by atoms with E-state index in [-0.39, 0.29) is 16.9 Å². The minimum atomic E-state index is -0.458. The van der Waals surface area contributed by atoms with Crippen LogP contribution in [0.4, 0.5) is 10.1 Å². The first-order valence-corrected chi connectivity index (χ1v) is 10.4. The minimum Gasteiger partial charge on any atom is -0.357 e. The lowest BCUT2D eigenvalue weighted by Gasteiger charge is -2.11. The number of carbonyl (C=O) groups excluding carboxylic acids is 1. The Kier molecular flexibility index (Phi) is 5.68. The topological polar surface area (TPSA) is 62.0 Å². The van der Waals surface area contributed by atoms with Gasteiger partial charge in [0.25, 0.3) is 5.91 Å². The summed E-state index contributed by atoms with van der Waals surface area (Å²) in [5, 5.41) is 3.51. The van der Waals surface area contributed by atoms with E-state index >= 15 is 0 Å². The molecule has 0 unspecified atom stereocenters. The number of hydrogen-bond donors (Lipinski definition) is 2. The predicted octanol–water partition coefficient (Wildman–Crippen LogP) is 5.52. The molecule has 0 aliphatic rings. The molecule has 4 nitrogen and oxygen atoms in total. The SMILES string of the molecule is Cc1cccc2c(=O)cc(CSc3ccccc3NC(=O)c3cccc(F)c3)[nH]c12. The molecule has 0 aliphatic carbocycles. The molecule has 0 saturated carbocycles. The molecule has 1 aromatic heterocycles. The van der Waals surface area contributed by atoms with E-state index in [9.17, 15) is 14.0 Å².